The van der Waals surface area contributed by atoms with Crippen LogP contribution in [-0.4, -0.2) is 37.1 Å². The lowest BCUT2D eigenvalue weighted by atomic mass is 10.0. The van der Waals surface area contributed by atoms with Crippen molar-refractivity contribution in [3.63, 3.8) is 0 Å². The number of hydrogen-bond donors (Lipinski definition) is 1. The van der Waals surface area contributed by atoms with Crippen molar-refractivity contribution in [3.8, 4) is 11.3 Å². The highest BCUT2D eigenvalue weighted by Gasteiger charge is 2.26. The van der Waals surface area contributed by atoms with Crippen LogP contribution in [0.2, 0.25) is 0 Å². The van der Waals surface area contributed by atoms with Crippen molar-refractivity contribution < 1.29 is 13.2 Å². The van der Waals surface area contributed by atoms with E-state index < -0.39 is 10.0 Å². The molecule has 2 aromatic carbocycles. The molecule has 152 valence electrons. The van der Waals surface area contributed by atoms with Gasteiger partial charge in [-0.15, -0.1) is 0 Å². The number of rotatable bonds is 5. The number of aldehydes is 1. The molecule has 6 heteroatoms. The summed E-state index contributed by atoms with van der Waals surface area (Å²) in [5.41, 5.74) is 4.12. The monoisotopic (exact) mass is 410 g/mol. The van der Waals surface area contributed by atoms with E-state index in [-0.39, 0.29) is 4.90 Å². The predicted octanol–water partition coefficient (Wildman–Crippen LogP) is 4.77. The Labute approximate surface area is 171 Å². The third-order valence-electron chi connectivity index (χ3n) is 5.78. The third-order valence-corrected chi connectivity index (χ3v) is 7.68. The zero-order valence-electron chi connectivity index (χ0n) is 16.6. The maximum atomic E-state index is 13.2. The molecule has 4 rings (SSSR count). The van der Waals surface area contributed by atoms with E-state index in [4.69, 9.17) is 0 Å². The number of nitrogens with one attached hydrogen (secondary N) is 1. The van der Waals surface area contributed by atoms with Gasteiger partial charge in [0.25, 0.3) is 0 Å². The van der Waals surface area contributed by atoms with E-state index in [2.05, 4.69) is 11.9 Å². The first-order chi connectivity index (χ1) is 14.0. The number of fused-ring (bicyclic) bond motifs is 1. The van der Waals surface area contributed by atoms with Crippen molar-refractivity contribution in [2.45, 2.75) is 43.9 Å². The number of carbonyl (C=O) groups excluding carboxylic acids is 1. The minimum atomic E-state index is -3.56. The van der Waals surface area contributed by atoms with E-state index in [0.29, 0.717) is 24.0 Å². The van der Waals surface area contributed by atoms with Gasteiger partial charge in [0, 0.05) is 29.6 Å². The fourth-order valence-electron chi connectivity index (χ4n) is 4.04. The molecule has 0 aliphatic carbocycles. The molecule has 0 saturated carbocycles. The van der Waals surface area contributed by atoms with Crippen LogP contribution in [0, 0.1) is 0 Å². The van der Waals surface area contributed by atoms with E-state index in [1.54, 1.807) is 22.5 Å². The van der Waals surface area contributed by atoms with Crippen molar-refractivity contribution in [2.24, 2.45) is 0 Å². The van der Waals surface area contributed by atoms with Crippen molar-refractivity contribution in [1.29, 1.82) is 0 Å². The molecule has 0 bridgehead atoms. The van der Waals surface area contributed by atoms with Gasteiger partial charge in [0.1, 0.15) is 0 Å². The summed E-state index contributed by atoms with van der Waals surface area (Å²) in [5.74, 6) is 0. The van der Waals surface area contributed by atoms with Crippen molar-refractivity contribution in [2.75, 3.05) is 13.1 Å². The molecule has 0 unspecified atom stereocenters. The van der Waals surface area contributed by atoms with E-state index in [1.807, 2.05) is 24.3 Å². The first-order valence-corrected chi connectivity index (χ1v) is 11.7. The molecule has 1 saturated heterocycles. The number of nitrogens with zero attached hydrogens (tertiary/aromatic N) is 1. The standard InChI is InChI=1S/C23H26N2O3S/c1-2-17-7-9-18(10-8-17)23-21(16-26)20-15-19(11-12-22(20)24-23)29(27,28)25-13-5-3-4-6-14-25/h7-12,15-16,24H,2-6,13-14H2,1H3. The van der Waals surface area contributed by atoms with Crippen LogP contribution >= 0.6 is 0 Å². The van der Waals surface area contributed by atoms with Gasteiger partial charge >= 0.3 is 0 Å². The van der Waals surface area contributed by atoms with E-state index in [0.717, 1.165) is 55.2 Å². The Morgan fingerprint density at radius 3 is 2.31 bits per heavy atom. The quantitative estimate of drug-likeness (QED) is 0.616. The lowest BCUT2D eigenvalue weighted by Gasteiger charge is -2.20. The van der Waals surface area contributed by atoms with Gasteiger partial charge in [0.15, 0.2) is 6.29 Å². The summed E-state index contributed by atoms with van der Waals surface area (Å²) >= 11 is 0. The number of hydrogen-bond acceptors (Lipinski definition) is 3. The maximum absolute atomic E-state index is 13.2. The van der Waals surface area contributed by atoms with E-state index in [1.165, 1.54) is 5.56 Å². The average Bonchev–Trinajstić information content (AvgIpc) is 2.90. The van der Waals surface area contributed by atoms with Crippen LogP contribution in [0.1, 0.15) is 48.5 Å². The van der Waals surface area contributed by atoms with Gasteiger partial charge in [-0.25, -0.2) is 8.42 Å². The number of aryl methyl sites for hydroxylation is 1. The van der Waals surface area contributed by atoms with Gasteiger partial charge in [0.2, 0.25) is 10.0 Å². The molecule has 29 heavy (non-hydrogen) atoms. The van der Waals surface area contributed by atoms with Crippen LogP contribution in [0.25, 0.3) is 22.2 Å². The minimum absolute atomic E-state index is 0.252. The summed E-state index contributed by atoms with van der Waals surface area (Å²) in [5, 5.41) is 0.644. The molecule has 0 amide bonds. The lowest BCUT2D eigenvalue weighted by molar-refractivity contribution is 0.112. The molecule has 1 N–H and O–H groups in total. The molecule has 1 aliphatic heterocycles. The van der Waals surface area contributed by atoms with Gasteiger partial charge in [-0.05, 0) is 48.6 Å². The van der Waals surface area contributed by atoms with Crippen LogP contribution < -0.4 is 0 Å². The fourth-order valence-corrected chi connectivity index (χ4v) is 5.58. The molecule has 1 fully saturated rings. The second-order valence-electron chi connectivity index (χ2n) is 7.61. The third kappa shape index (κ3) is 3.74. The maximum Gasteiger partial charge on any atom is 0.243 e. The molecule has 0 atom stereocenters. The second-order valence-corrected chi connectivity index (χ2v) is 9.55. The second kappa shape index (κ2) is 8.13. The predicted molar refractivity (Wildman–Crippen MR) is 116 cm³/mol. The fraction of sp³-hybridized carbons (Fsp3) is 0.348. The Bertz CT molecular complexity index is 1120. The van der Waals surface area contributed by atoms with Gasteiger partial charge in [-0.1, -0.05) is 44.0 Å². The summed E-state index contributed by atoms with van der Waals surface area (Å²) in [6.45, 7) is 3.22. The summed E-state index contributed by atoms with van der Waals surface area (Å²) in [6.07, 6.45) is 5.68. The number of aromatic nitrogens is 1. The van der Waals surface area contributed by atoms with Crippen LogP contribution in [0.3, 0.4) is 0 Å². The van der Waals surface area contributed by atoms with Crippen LogP contribution in [0.15, 0.2) is 47.4 Å². The molecule has 5 nitrogen and oxygen atoms in total. The largest absolute Gasteiger partial charge is 0.354 e. The molecular formula is C23H26N2O3S. The number of carbonyl (C=O) groups is 1. The van der Waals surface area contributed by atoms with Gasteiger partial charge in [-0.3, -0.25) is 4.79 Å². The SMILES string of the molecule is CCc1ccc(-c2[nH]c3ccc(S(=O)(=O)N4CCCCCC4)cc3c2C=O)cc1. The Morgan fingerprint density at radius 1 is 1.00 bits per heavy atom. The van der Waals surface area contributed by atoms with E-state index in [9.17, 15) is 13.2 Å². The molecule has 1 aromatic heterocycles. The Kier molecular flexibility index (Phi) is 5.56. The first kappa shape index (κ1) is 19.9. The Hall–Kier alpha value is -2.44. The number of benzene rings is 2. The van der Waals surface area contributed by atoms with Crippen molar-refractivity contribution >= 4 is 27.2 Å². The average molecular weight is 411 g/mol. The number of aromatic amines is 1. The minimum Gasteiger partial charge on any atom is -0.354 e. The van der Waals surface area contributed by atoms with Crippen LogP contribution in [-0.2, 0) is 16.4 Å². The summed E-state index contributed by atoms with van der Waals surface area (Å²) in [6, 6.07) is 13.1. The summed E-state index contributed by atoms with van der Waals surface area (Å²) < 4.78 is 27.9. The van der Waals surface area contributed by atoms with Crippen LogP contribution in [0.5, 0.6) is 0 Å². The normalized spacial score (nSPS) is 16.0. The lowest BCUT2D eigenvalue weighted by Crippen LogP contribution is -2.31. The Morgan fingerprint density at radius 2 is 1.69 bits per heavy atom. The van der Waals surface area contributed by atoms with Crippen LogP contribution in [0.4, 0.5) is 0 Å². The molecule has 2 heterocycles. The molecule has 3 aromatic rings. The van der Waals surface area contributed by atoms with Gasteiger partial charge in [0.05, 0.1) is 10.6 Å². The highest BCUT2D eigenvalue weighted by Crippen LogP contribution is 2.32. The van der Waals surface area contributed by atoms with Gasteiger partial charge in [-0.2, -0.15) is 4.31 Å². The topological polar surface area (TPSA) is 70.2 Å². The van der Waals surface area contributed by atoms with E-state index >= 15 is 0 Å². The summed E-state index contributed by atoms with van der Waals surface area (Å²) in [7, 11) is -3.56. The smallest absolute Gasteiger partial charge is 0.243 e. The molecular weight excluding hydrogens is 384 g/mol. The van der Waals surface area contributed by atoms with Crippen molar-refractivity contribution in [1.82, 2.24) is 9.29 Å². The molecule has 0 spiro atoms. The molecule has 0 radical (unpaired) electrons. The highest BCUT2D eigenvalue weighted by atomic mass is 32.2. The first-order valence-electron chi connectivity index (χ1n) is 10.2. The number of H-pyrrole nitrogens is 1. The van der Waals surface area contributed by atoms with Gasteiger partial charge < -0.3 is 4.98 Å². The zero-order valence-corrected chi connectivity index (χ0v) is 17.5. The number of sulfonamides is 1. The Balaban J connectivity index is 1.78. The summed E-state index contributed by atoms with van der Waals surface area (Å²) in [4.78, 5) is 15.5. The zero-order chi connectivity index (χ0) is 20.4. The molecule has 1 aliphatic rings. The highest BCUT2D eigenvalue weighted by molar-refractivity contribution is 7.89. The van der Waals surface area contributed by atoms with Crippen molar-refractivity contribution in [3.05, 3.63) is 53.6 Å².